The van der Waals surface area contributed by atoms with E-state index in [4.69, 9.17) is 0 Å². The van der Waals surface area contributed by atoms with Crippen LogP contribution in [0.2, 0.25) is 0 Å². The number of guanidine groups is 1. The lowest BCUT2D eigenvalue weighted by Gasteiger charge is -2.21. The molecule has 1 aliphatic rings. The van der Waals surface area contributed by atoms with E-state index in [-0.39, 0.29) is 24.0 Å². The molecular weight excluding hydrogens is 413 g/mol. The van der Waals surface area contributed by atoms with Crippen LogP contribution in [0.25, 0.3) is 0 Å². The second-order valence-corrected chi connectivity index (χ2v) is 6.15. The van der Waals surface area contributed by atoms with Crippen molar-refractivity contribution in [1.82, 2.24) is 19.8 Å². The first-order valence-corrected chi connectivity index (χ1v) is 8.22. The molecule has 0 saturated carbocycles. The normalized spacial score (nSPS) is 17.7. The lowest BCUT2D eigenvalue weighted by molar-refractivity contribution is 0.458. The molecule has 0 spiro atoms. The molecule has 0 amide bonds. The Balaban J connectivity index is 0.00000208. The average molecular weight is 439 g/mol. The van der Waals surface area contributed by atoms with Gasteiger partial charge in [-0.25, -0.2) is 4.98 Å². The van der Waals surface area contributed by atoms with E-state index in [2.05, 4.69) is 50.5 Å². The molecule has 3 rings (SSSR count). The van der Waals surface area contributed by atoms with Gasteiger partial charge in [0.1, 0.15) is 5.82 Å². The number of hydrogen-bond acceptors (Lipinski definition) is 2. The molecule has 1 unspecified atom stereocenters. The third-order valence-electron chi connectivity index (χ3n) is 4.49. The van der Waals surface area contributed by atoms with Gasteiger partial charge in [0.2, 0.25) is 0 Å². The number of benzene rings is 1. The smallest absolute Gasteiger partial charge is 0.194 e. The van der Waals surface area contributed by atoms with Crippen LogP contribution in [-0.2, 0) is 20.0 Å². The van der Waals surface area contributed by atoms with Crippen LogP contribution in [0.15, 0.2) is 47.7 Å². The van der Waals surface area contributed by atoms with Gasteiger partial charge >= 0.3 is 0 Å². The third kappa shape index (κ3) is 4.72. The highest BCUT2D eigenvalue weighted by molar-refractivity contribution is 14.0. The molecule has 5 nitrogen and oxygen atoms in total. The molecular formula is C18H26IN5. The van der Waals surface area contributed by atoms with E-state index in [0.717, 1.165) is 31.3 Å². The SMILES string of the molecule is CN=C(NCc1nccn1C)N1CCC(Cc2ccccc2)C1.I. The van der Waals surface area contributed by atoms with Crippen molar-refractivity contribution < 1.29 is 0 Å². The molecule has 24 heavy (non-hydrogen) atoms. The lowest BCUT2D eigenvalue weighted by Crippen LogP contribution is -2.40. The zero-order chi connectivity index (χ0) is 16.1. The monoisotopic (exact) mass is 439 g/mol. The van der Waals surface area contributed by atoms with E-state index in [1.165, 1.54) is 12.0 Å². The van der Waals surface area contributed by atoms with E-state index < -0.39 is 0 Å². The predicted molar refractivity (Wildman–Crippen MR) is 109 cm³/mol. The minimum atomic E-state index is 0. The predicted octanol–water partition coefficient (Wildman–Crippen LogP) is 2.68. The van der Waals surface area contributed by atoms with Gasteiger partial charge in [-0.2, -0.15) is 0 Å². The molecule has 6 heteroatoms. The van der Waals surface area contributed by atoms with Crippen molar-refractivity contribution in [3.63, 3.8) is 0 Å². The zero-order valence-electron chi connectivity index (χ0n) is 14.4. The summed E-state index contributed by atoms with van der Waals surface area (Å²) in [5.41, 5.74) is 1.43. The lowest BCUT2D eigenvalue weighted by atomic mass is 9.99. The Labute approximate surface area is 161 Å². The fourth-order valence-electron chi connectivity index (χ4n) is 3.20. The minimum Gasteiger partial charge on any atom is -0.349 e. The highest BCUT2D eigenvalue weighted by atomic mass is 127. The largest absolute Gasteiger partial charge is 0.349 e. The van der Waals surface area contributed by atoms with Crippen molar-refractivity contribution in [2.45, 2.75) is 19.4 Å². The van der Waals surface area contributed by atoms with Crippen molar-refractivity contribution in [2.75, 3.05) is 20.1 Å². The molecule has 1 aromatic heterocycles. The molecule has 1 aliphatic heterocycles. The standard InChI is InChI=1S/C18H25N5.HI/c1-19-18(21-13-17-20-9-11-22(17)2)23-10-8-16(14-23)12-15-6-4-3-5-7-15;/h3-7,9,11,16H,8,10,12-14H2,1-2H3,(H,19,21);1H. The number of aromatic nitrogens is 2. The summed E-state index contributed by atoms with van der Waals surface area (Å²) in [5.74, 6) is 2.69. The molecule has 0 bridgehead atoms. The maximum absolute atomic E-state index is 4.44. The van der Waals surface area contributed by atoms with Gasteiger partial charge in [0.05, 0.1) is 6.54 Å². The summed E-state index contributed by atoms with van der Waals surface area (Å²) in [7, 11) is 3.86. The molecule has 1 atom stereocenters. The number of imidazole rings is 1. The fraction of sp³-hybridized carbons (Fsp3) is 0.444. The Morgan fingerprint density at radius 3 is 2.79 bits per heavy atom. The van der Waals surface area contributed by atoms with E-state index >= 15 is 0 Å². The van der Waals surface area contributed by atoms with Crippen molar-refractivity contribution >= 4 is 29.9 Å². The van der Waals surface area contributed by atoms with Gasteiger partial charge in [-0.05, 0) is 24.3 Å². The Bertz CT molecular complexity index is 652. The van der Waals surface area contributed by atoms with Crippen LogP contribution in [0.5, 0.6) is 0 Å². The van der Waals surface area contributed by atoms with Crippen molar-refractivity contribution in [3.8, 4) is 0 Å². The summed E-state index contributed by atoms with van der Waals surface area (Å²) < 4.78 is 2.03. The topological polar surface area (TPSA) is 45.5 Å². The van der Waals surface area contributed by atoms with Gasteiger partial charge < -0.3 is 14.8 Å². The maximum Gasteiger partial charge on any atom is 0.194 e. The van der Waals surface area contributed by atoms with E-state index in [1.807, 2.05) is 31.1 Å². The number of aliphatic imine (C=N–C) groups is 1. The summed E-state index contributed by atoms with van der Waals surface area (Å²) >= 11 is 0. The van der Waals surface area contributed by atoms with E-state index in [9.17, 15) is 0 Å². The molecule has 2 heterocycles. The molecule has 1 fully saturated rings. The zero-order valence-corrected chi connectivity index (χ0v) is 16.7. The first-order valence-electron chi connectivity index (χ1n) is 8.22. The fourth-order valence-corrected chi connectivity index (χ4v) is 3.20. The Morgan fingerprint density at radius 1 is 1.33 bits per heavy atom. The summed E-state index contributed by atoms with van der Waals surface area (Å²) in [5, 5.41) is 3.43. The molecule has 1 saturated heterocycles. The summed E-state index contributed by atoms with van der Waals surface area (Å²) in [6.45, 7) is 2.84. The molecule has 1 N–H and O–H groups in total. The molecule has 1 aromatic carbocycles. The molecule has 2 aromatic rings. The highest BCUT2D eigenvalue weighted by Gasteiger charge is 2.25. The number of rotatable bonds is 4. The van der Waals surface area contributed by atoms with E-state index in [1.54, 1.807) is 0 Å². The van der Waals surface area contributed by atoms with Gasteiger partial charge in [0, 0.05) is 39.6 Å². The Morgan fingerprint density at radius 2 is 2.12 bits per heavy atom. The second kappa shape index (κ2) is 9.05. The number of nitrogens with zero attached hydrogens (tertiary/aromatic N) is 4. The molecule has 0 aliphatic carbocycles. The minimum absolute atomic E-state index is 0. The number of halogens is 1. The van der Waals surface area contributed by atoms with Crippen molar-refractivity contribution in [3.05, 3.63) is 54.1 Å². The summed E-state index contributed by atoms with van der Waals surface area (Å²) in [6.07, 6.45) is 6.16. The summed E-state index contributed by atoms with van der Waals surface area (Å²) in [6, 6.07) is 10.8. The van der Waals surface area contributed by atoms with Gasteiger partial charge in [-0.1, -0.05) is 30.3 Å². The van der Waals surface area contributed by atoms with Crippen molar-refractivity contribution in [2.24, 2.45) is 18.0 Å². The van der Waals surface area contributed by atoms with Crippen LogP contribution in [0.4, 0.5) is 0 Å². The van der Waals surface area contributed by atoms with Crippen LogP contribution >= 0.6 is 24.0 Å². The van der Waals surface area contributed by atoms with Crippen LogP contribution < -0.4 is 5.32 Å². The number of likely N-dealkylation sites (tertiary alicyclic amines) is 1. The first kappa shape index (κ1) is 18.8. The van der Waals surface area contributed by atoms with E-state index in [0.29, 0.717) is 12.5 Å². The maximum atomic E-state index is 4.44. The second-order valence-electron chi connectivity index (χ2n) is 6.15. The van der Waals surface area contributed by atoms with Crippen LogP contribution in [0, 0.1) is 5.92 Å². The molecule has 130 valence electrons. The summed E-state index contributed by atoms with van der Waals surface area (Å²) in [4.78, 5) is 11.1. The molecule has 0 radical (unpaired) electrons. The number of nitrogens with one attached hydrogen (secondary N) is 1. The van der Waals surface area contributed by atoms with Crippen LogP contribution in [0.3, 0.4) is 0 Å². The highest BCUT2D eigenvalue weighted by Crippen LogP contribution is 2.20. The van der Waals surface area contributed by atoms with Gasteiger partial charge in [-0.3, -0.25) is 4.99 Å². The average Bonchev–Trinajstić information content (AvgIpc) is 3.19. The van der Waals surface area contributed by atoms with Gasteiger partial charge in [0.25, 0.3) is 0 Å². The number of hydrogen-bond donors (Lipinski definition) is 1. The van der Waals surface area contributed by atoms with Gasteiger partial charge in [-0.15, -0.1) is 24.0 Å². The number of aryl methyl sites for hydroxylation is 1. The first-order chi connectivity index (χ1) is 11.3. The van der Waals surface area contributed by atoms with Crippen molar-refractivity contribution in [1.29, 1.82) is 0 Å². The Hall–Kier alpha value is -1.57. The third-order valence-corrected chi connectivity index (χ3v) is 4.49. The van der Waals surface area contributed by atoms with Gasteiger partial charge in [0.15, 0.2) is 5.96 Å². The Kier molecular flexibility index (Phi) is 7.08. The van der Waals surface area contributed by atoms with Crippen LogP contribution in [-0.4, -0.2) is 40.5 Å². The van der Waals surface area contributed by atoms with Crippen LogP contribution in [0.1, 0.15) is 17.8 Å². The quantitative estimate of drug-likeness (QED) is 0.453.